The third kappa shape index (κ3) is 5.39. The number of esters is 1. The predicted octanol–water partition coefficient (Wildman–Crippen LogP) is 3.47. The van der Waals surface area contributed by atoms with Crippen molar-refractivity contribution < 1.29 is 14.3 Å². The van der Waals surface area contributed by atoms with Gasteiger partial charge in [-0.1, -0.05) is 41.4 Å². The van der Waals surface area contributed by atoms with Gasteiger partial charge in [0.05, 0.1) is 5.56 Å². The van der Waals surface area contributed by atoms with E-state index in [2.05, 4.69) is 5.32 Å². The van der Waals surface area contributed by atoms with Gasteiger partial charge >= 0.3 is 5.97 Å². The van der Waals surface area contributed by atoms with Crippen LogP contribution in [0.1, 0.15) is 27.0 Å². The molecule has 0 bridgehead atoms. The quantitative estimate of drug-likeness (QED) is 0.815. The summed E-state index contributed by atoms with van der Waals surface area (Å²) in [6.07, 6.45) is 0.664. The Kier molecular flexibility index (Phi) is 6.38. The standard InChI is InChI=1S/C19H20ClNO3/c1-13-6-7-14(2)17(10-13)19(23)24-12-18(22)21-9-8-15-4-3-5-16(20)11-15/h3-7,10-11H,8-9,12H2,1-2H3,(H,21,22). The normalized spacial score (nSPS) is 10.3. The first-order chi connectivity index (χ1) is 11.5. The van der Waals surface area contributed by atoms with Crippen molar-refractivity contribution in [3.05, 3.63) is 69.7 Å². The van der Waals surface area contributed by atoms with E-state index in [0.717, 1.165) is 16.7 Å². The van der Waals surface area contributed by atoms with Crippen LogP contribution in [0.2, 0.25) is 5.02 Å². The summed E-state index contributed by atoms with van der Waals surface area (Å²) in [5.41, 5.74) is 3.32. The van der Waals surface area contributed by atoms with Crippen LogP contribution >= 0.6 is 11.6 Å². The minimum atomic E-state index is -0.485. The van der Waals surface area contributed by atoms with Crippen LogP contribution in [0.3, 0.4) is 0 Å². The van der Waals surface area contributed by atoms with E-state index in [1.807, 2.05) is 44.2 Å². The number of benzene rings is 2. The molecule has 0 saturated carbocycles. The lowest BCUT2D eigenvalue weighted by atomic mass is 10.1. The van der Waals surface area contributed by atoms with Crippen molar-refractivity contribution >= 4 is 23.5 Å². The second-order valence-electron chi connectivity index (χ2n) is 5.62. The maximum Gasteiger partial charge on any atom is 0.338 e. The van der Waals surface area contributed by atoms with Crippen LogP contribution in [-0.4, -0.2) is 25.0 Å². The van der Waals surface area contributed by atoms with Gasteiger partial charge in [0, 0.05) is 11.6 Å². The van der Waals surface area contributed by atoms with Crippen LogP contribution in [-0.2, 0) is 16.0 Å². The molecule has 4 nitrogen and oxygen atoms in total. The van der Waals surface area contributed by atoms with Gasteiger partial charge in [0.25, 0.3) is 5.91 Å². The van der Waals surface area contributed by atoms with E-state index < -0.39 is 5.97 Å². The number of carbonyl (C=O) groups excluding carboxylic acids is 2. The first-order valence-electron chi connectivity index (χ1n) is 7.71. The predicted molar refractivity (Wildman–Crippen MR) is 94.4 cm³/mol. The highest BCUT2D eigenvalue weighted by Crippen LogP contribution is 2.12. The van der Waals surface area contributed by atoms with E-state index in [1.165, 1.54) is 0 Å². The molecule has 0 unspecified atom stereocenters. The lowest BCUT2D eigenvalue weighted by Gasteiger charge is -2.09. The summed E-state index contributed by atoms with van der Waals surface area (Å²) in [5, 5.41) is 3.39. The Balaban J connectivity index is 1.76. The van der Waals surface area contributed by atoms with Gasteiger partial charge in [-0.15, -0.1) is 0 Å². The first-order valence-corrected chi connectivity index (χ1v) is 8.09. The third-order valence-corrected chi connectivity index (χ3v) is 3.81. The van der Waals surface area contributed by atoms with Gasteiger partial charge in [0.15, 0.2) is 6.61 Å². The van der Waals surface area contributed by atoms with E-state index in [4.69, 9.17) is 16.3 Å². The molecule has 2 aromatic rings. The highest BCUT2D eigenvalue weighted by molar-refractivity contribution is 6.30. The van der Waals surface area contributed by atoms with Crippen molar-refractivity contribution in [1.29, 1.82) is 0 Å². The number of aryl methyl sites for hydroxylation is 2. The van der Waals surface area contributed by atoms with Crippen LogP contribution < -0.4 is 5.32 Å². The molecule has 0 aliphatic heterocycles. The molecule has 1 N–H and O–H groups in total. The molecule has 0 fully saturated rings. The number of carbonyl (C=O) groups is 2. The molecule has 1 amide bonds. The summed E-state index contributed by atoms with van der Waals surface area (Å²) in [6.45, 7) is 3.90. The molecule has 0 aliphatic carbocycles. The van der Waals surface area contributed by atoms with Crippen molar-refractivity contribution in [2.45, 2.75) is 20.3 Å². The smallest absolute Gasteiger partial charge is 0.338 e. The monoisotopic (exact) mass is 345 g/mol. The van der Waals surface area contributed by atoms with Crippen LogP contribution in [0.4, 0.5) is 0 Å². The molecule has 126 valence electrons. The fourth-order valence-electron chi connectivity index (χ4n) is 2.25. The zero-order valence-corrected chi connectivity index (χ0v) is 14.5. The molecule has 0 spiro atoms. The molecule has 2 aromatic carbocycles. The fourth-order valence-corrected chi connectivity index (χ4v) is 2.47. The van der Waals surface area contributed by atoms with Gasteiger partial charge in [-0.2, -0.15) is 0 Å². The Bertz CT molecular complexity index is 743. The highest BCUT2D eigenvalue weighted by Gasteiger charge is 2.12. The van der Waals surface area contributed by atoms with E-state index in [0.29, 0.717) is 23.6 Å². The van der Waals surface area contributed by atoms with Gasteiger partial charge in [0.1, 0.15) is 0 Å². The van der Waals surface area contributed by atoms with Crippen molar-refractivity contribution in [2.75, 3.05) is 13.2 Å². The average molecular weight is 346 g/mol. The molecule has 2 rings (SSSR count). The Morgan fingerprint density at radius 2 is 1.92 bits per heavy atom. The zero-order valence-electron chi connectivity index (χ0n) is 13.8. The Morgan fingerprint density at radius 3 is 2.67 bits per heavy atom. The Morgan fingerprint density at radius 1 is 1.12 bits per heavy atom. The number of nitrogens with one attached hydrogen (secondary N) is 1. The van der Waals surface area contributed by atoms with E-state index in [9.17, 15) is 9.59 Å². The average Bonchev–Trinajstić information content (AvgIpc) is 2.55. The Labute approximate surface area is 146 Å². The van der Waals surface area contributed by atoms with E-state index >= 15 is 0 Å². The fraction of sp³-hybridized carbons (Fsp3) is 0.263. The van der Waals surface area contributed by atoms with Crippen molar-refractivity contribution in [3.8, 4) is 0 Å². The summed E-state index contributed by atoms with van der Waals surface area (Å²) < 4.78 is 5.08. The Hall–Kier alpha value is -2.33. The van der Waals surface area contributed by atoms with Crippen molar-refractivity contribution in [2.24, 2.45) is 0 Å². The number of hydrogen-bond acceptors (Lipinski definition) is 3. The molecule has 0 heterocycles. The first kappa shape index (κ1) is 18.0. The second kappa shape index (κ2) is 8.50. The molecule has 5 heteroatoms. The summed E-state index contributed by atoms with van der Waals surface area (Å²) >= 11 is 5.91. The summed E-state index contributed by atoms with van der Waals surface area (Å²) in [6, 6.07) is 13.0. The maximum absolute atomic E-state index is 12.0. The molecule has 0 radical (unpaired) electrons. The lowest BCUT2D eigenvalue weighted by molar-refractivity contribution is -0.124. The van der Waals surface area contributed by atoms with Gasteiger partial charge in [0.2, 0.25) is 0 Å². The number of rotatable bonds is 6. The zero-order chi connectivity index (χ0) is 17.5. The van der Waals surface area contributed by atoms with Gasteiger partial charge in [-0.25, -0.2) is 4.79 Å². The summed E-state index contributed by atoms with van der Waals surface area (Å²) in [7, 11) is 0. The van der Waals surface area contributed by atoms with Crippen molar-refractivity contribution in [1.82, 2.24) is 5.32 Å². The third-order valence-electron chi connectivity index (χ3n) is 3.57. The van der Waals surface area contributed by atoms with Gasteiger partial charge in [-0.3, -0.25) is 4.79 Å². The molecular weight excluding hydrogens is 326 g/mol. The van der Waals surface area contributed by atoms with Crippen molar-refractivity contribution in [3.63, 3.8) is 0 Å². The minimum Gasteiger partial charge on any atom is -0.452 e. The molecule has 0 aliphatic rings. The number of hydrogen-bond donors (Lipinski definition) is 1. The van der Waals surface area contributed by atoms with E-state index in [1.54, 1.807) is 12.1 Å². The molecular formula is C19H20ClNO3. The molecule has 0 atom stereocenters. The van der Waals surface area contributed by atoms with Crippen LogP contribution in [0.5, 0.6) is 0 Å². The topological polar surface area (TPSA) is 55.4 Å². The lowest BCUT2D eigenvalue weighted by Crippen LogP contribution is -2.30. The van der Waals surface area contributed by atoms with Crippen LogP contribution in [0, 0.1) is 13.8 Å². The van der Waals surface area contributed by atoms with Gasteiger partial charge in [-0.05, 0) is 49.6 Å². The largest absolute Gasteiger partial charge is 0.452 e. The second-order valence-corrected chi connectivity index (χ2v) is 6.06. The number of amides is 1. The van der Waals surface area contributed by atoms with Gasteiger partial charge < -0.3 is 10.1 Å². The molecule has 0 saturated heterocycles. The van der Waals surface area contributed by atoms with Crippen LogP contribution in [0.25, 0.3) is 0 Å². The molecule has 0 aromatic heterocycles. The van der Waals surface area contributed by atoms with E-state index in [-0.39, 0.29) is 12.5 Å². The molecule has 24 heavy (non-hydrogen) atoms. The highest BCUT2D eigenvalue weighted by atomic mass is 35.5. The number of ether oxygens (including phenoxy) is 1. The number of halogens is 1. The summed E-state index contributed by atoms with van der Waals surface area (Å²) in [5.74, 6) is -0.808. The minimum absolute atomic E-state index is 0.290. The SMILES string of the molecule is Cc1ccc(C)c(C(=O)OCC(=O)NCCc2cccc(Cl)c2)c1. The maximum atomic E-state index is 12.0. The van der Waals surface area contributed by atoms with Crippen LogP contribution in [0.15, 0.2) is 42.5 Å². The summed E-state index contributed by atoms with van der Waals surface area (Å²) in [4.78, 5) is 23.8.